The van der Waals surface area contributed by atoms with E-state index in [2.05, 4.69) is 4.98 Å². The van der Waals surface area contributed by atoms with Crippen molar-refractivity contribution in [1.29, 1.82) is 0 Å². The Labute approximate surface area is 112 Å². The third-order valence-electron chi connectivity index (χ3n) is 3.11. The summed E-state index contributed by atoms with van der Waals surface area (Å²) in [6.07, 6.45) is 0. The first-order valence-corrected chi connectivity index (χ1v) is 5.87. The quantitative estimate of drug-likeness (QED) is 0.741. The van der Waals surface area contributed by atoms with Crippen molar-refractivity contribution in [2.75, 3.05) is 5.73 Å². The Morgan fingerprint density at radius 3 is 2.55 bits per heavy atom. The Bertz CT molecular complexity index is 824. The third-order valence-corrected chi connectivity index (χ3v) is 3.11. The number of benzene rings is 2. The second-order valence-corrected chi connectivity index (χ2v) is 4.49. The largest absolute Gasteiger partial charge is 0.369 e. The van der Waals surface area contributed by atoms with Crippen molar-refractivity contribution in [3.63, 3.8) is 0 Å². The van der Waals surface area contributed by atoms with E-state index < -0.39 is 17.5 Å². The van der Waals surface area contributed by atoms with Gasteiger partial charge in [0.05, 0.1) is 16.7 Å². The van der Waals surface area contributed by atoms with E-state index in [9.17, 15) is 13.2 Å². The molecule has 0 aliphatic rings. The Balaban J connectivity index is 2.35. The van der Waals surface area contributed by atoms with Crippen molar-refractivity contribution in [3.8, 4) is 5.69 Å². The average molecular weight is 277 g/mol. The van der Waals surface area contributed by atoms with Gasteiger partial charge in [-0.25, -0.2) is 18.2 Å². The van der Waals surface area contributed by atoms with Crippen LogP contribution in [0.2, 0.25) is 0 Å². The normalized spacial score (nSPS) is 11.2. The molecular weight excluding hydrogens is 267 g/mol. The van der Waals surface area contributed by atoms with Crippen molar-refractivity contribution in [2.45, 2.75) is 6.92 Å². The fraction of sp³-hybridized carbons (Fsp3) is 0.0714. The molecule has 0 radical (unpaired) electrons. The number of nitrogens with zero attached hydrogens (tertiary/aromatic N) is 2. The maximum Gasteiger partial charge on any atom is 0.206 e. The molecule has 2 aromatic carbocycles. The SMILES string of the molecule is Cc1cc(F)c(-n2c(N)nc3cc(F)ccc32)cc1F. The van der Waals surface area contributed by atoms with Crippen molar-refractivity contribution in [2.24, 2.45) is 0 Å². The van der Waals surface area contributed by atoms with Crippen LogP contribution >= 0.6 is 0 Å². The minimum atomic E-state index is -0.626. The molecule has 1 aromatic heterocycles. The molecule has 0 spiro atoms. The predicted octanol–water partition coefficient (Wildman–Crippen LogP) is 3.33. The highest BCUT2D eigenvalue weighted by atomic mass is 19.1. The van der Waals surface area contributed by atoms with Gasteiger partial charge in [-0.15, -0.1) is 0 Å². The number of hydrogen-bond acceptors (Lipinski definition) is 2. The molecule has 3 rings (SSSR count). The van der Waals surface area contributed by atoms with E-state index >= 15 is 0 Å². The standard InChI is InChI=1S/C14H10F3N3/c1-7-4-10(17)13(6-9(7)16)20-12-3-2-8(15)5-11(12)19-14(20)18/h2-6H,1H3,(H2,18,19). The summed E-state index contributed by atoms with van der Waals surface area (Å²) in [4.78, 5) is 3.96. The van der Waals surface area contributed by atoms with Crippen molar-refractivity contribution in [1.82, 2.24) is 9.55 Å². The van der Waals surface area contributed by atoms with Crippen LogP contribution < -0.4 is 5.73 Å². The first-order chi connectivity index (χ1) is 9.47. The molecule has 3 nitrogen and oxygen atoms in total. The Kier molecular flexibility index (Phi) is 2.67. The van der Waals surface area contributed by atoms with Gasteiger partial charge in [-0.05, 0) is 30.7 Å². The molecule has 0 saturated carbocycles. The first-order valence-electron chi connectivity index (χ1n) is 5.87. The van der Waals surface area contributed by atoms with Crippen molar-refractivity contribution >= 4 is 17.0 Å². The number of anilines is 1. The molecule has 2 N–H and O–H groups in total. The van der Waals surface area contributed by atoms with Crippen molar-refractivity contribution < 1.29 is 13.2 Å². The highest BCUT2D eigenvalue weighted by Gasteiger charge is 2.16. The van der Waals surface area contributed by atoms with Crippen LogP contribution in [-0.2, 0) is 0 Å². The van der Waals surface area contributed by atoms with E-state index in [1.165, 1.54) is 29.7 Å². The van der Waals surface area contributed by atoms with E-state index in [0.29, 0.717) is 5.52 Å². The van der Waals surface area contributed by atoms with Crippen molar-refractivity contribution in [3.05, 3.63) is 53.3 Å². The van der Waals surface area contributed by atoms with Crippen LogP contribution in [0, 0.1) is 24.4 Å². The molecule has 102 valence electrons. The number of aromatic nitrogens is 2. The van der Waals surface area contributed by atoms with Crippen LogP contribution in [0.15, 0.2) is 30.3 Å². The molecule has 0 amide bonds. The van der Waals surface area contributed by atoms with Gasteiger partial charge in [-0.2, -0.15) is 0 Å². The van der Waals surface area contributed by atoms with Crippen LogP contribution in [0.3, 0.4) is 0 Å². The second kappa shape index (κ2) is 4.26. The molecule has 0 unspecified atom stereocenters. The summed E-state index contributed by atoms with van der Waals surface area (Å²) in [5, 5.41) is 0. The Hall–Kier alpha value is -2.50. The Morgan fingerprint density at radius 1 is 1.05 bits per heavy atom. The smallest absolute Gasteiger partial charge is 0.206 e. The summed E-state index contributed by atoms with van der Waals surface area (Å²) in [5.74, 6) is -1.69. The summed E-state index contributed by atoms with van der Waals surface area (Å²) < 4.78 is 42.1. The van der Waals surface area contributed by atoms with Gasteiger partial charge in [0.15, 0.2) is 0 Å². The maximum atomic E-state index is 14.0. The summed E-state index contributed by atoms with van der Waals surface area (Å²) in [6.45, 7) is 1.47. The van der Waals surface area contributed by atoms with Gasteiger partial charge in [-0.3, -0.25) is 4.57 Å². The number of halogens is 3. The summed E-state index contributed by atoms with van der Waals surface area (Å²) >= 11 is 0. The van der Waals surface area contributed by atoms with Crippen LogP contribution in [0.4, 0.5) is 19.1 Å². The van der Waals surface area contributed by atoms with Gasteiger partial charge in [0, 0.05) is 12.1 Å². The zero-order chi connectivity index (χ0) is 14.4. The number of hydrogen-bond donors (Lipinski definition) is 1. The highest BCUT2D eigenvalue weighted by Crippen LogP contribution is 2.26. The molecule has 6 heteroatoms. The number of nitrogen functional groups attached to an aromatic ring is 1. The zero-order valence-corrected chi connectivity index (χ0v) is 10.5. The fourth-order valence-electron chi connectivity index (χ4n) is 2.13. The van der Waals surface area contributed by atoms with E-state index in [1.807, 2.05) is 0 Å². The molecule has 0 bridgehead atoms. The highest BCUT2D eigenvalue weighted by molar-refractivity contribution is 5.81. The molecule has 0 saturated heterocycles. The van der Waals surface area contributed by atoms with Gasteiger partial charge < -0.3 is 5.73 Å². The zero-order valence-electron chi connectivity index (χ0n) is 10.5. The third kappa shape index (κ3) is 1.80. The minimum Gasteiger partial charge on any atom is -0.369 e. The molecule has 0 aliphatic heterocycles. The van der Waals surface area contributed by atoms with Crippen LogP contribution in [0.5, 0.6) is 0 Å². The summed E-state index contributed by atoms with van der Waals surface area (Å²) in [7, 11) is 0. The monoisotopic (exact) mass is 277 g/mol. The fourth-order valence-corrected chi connectivity index (χ4v) is 2.13. The molecule has 0 aliphatic carbocycles. The van der Waals surface area contributed by atoms with E-state index in [-0.39, 0.29) is 22.7 Å². The van der Waals surface area contributed by atoms with Gasteiger partial charge in [0.1, 0.15) is 17.5 Å². The Morgan fingerprint density at radius 2 is 1.80 bits per heavy atom. The first kappa shape index (κ1) is 12.5. The van der Waals surface area contributed by atoms with E-state index in [4.69, 9.17) is 5.73 Å². The second-order valence-electron chi connectivity index (χ2n) is 4.49. The predicted molar refractivity (Wildman–Crippen MR) is 70.1 cm³/mol. The lowest BCUT2D eigenvalue weighted by Gasteiger charge is -2.09. The molecular formula is C14H10F3N3. The van der Waals surface area contributed by atoms with Crippen LogP contribution in [-0.4, -0.2) is 9.55 Å². The van der Waals surface area contributed by atoms with Gasteiger partial charge >= 0.3 is 0 Å². The van der Waals surface area contributed by atoms with Gasteiger partial charge in [0.2, 0.25) is 5.95 Å². The molecule has 0 fully saturated rings. The topological polar surface area (TPSA) is 43.8 Å². The lowest BCUT2D eigenvalue weighted by Crippen LogP contribution is -2.04. The molecule has 20 heavy (non-hydrogen) atoms. The van der Waals surface area contributed by atoms with Gasteiger partial charge in [-0.1, -0.05) is 0 Å². The maximum absolute atomic E-state index is 14.0. The minimum absolute atomic E-state index is 0.0345. The van der Waals surface area contributed by atoms with E-state index in [1.54, 1.807) is 0 Å². The summed E-state index contributed by atoms with van der Waals surface area (Å²) in [6, 6.07) is 5.95. The number of aryl methyl sites for hydroxylation is 1. The lowest BCUT2D eigenvalue weighted by molar-refractivity contribution is 0.587. The van der Waals surface area contributed by atoms with E-state index in [0.717, 1.165) is 12.1 Å². The summed E-state index contributed by atoms with van der Waals surface area (Å²) in [5.41, 5.74) is 6.56. The molecule has 3 aromatic rings. The molecule has 1 heterocycles. The molecule has 0 atom stereocenters. The number of rotatable bonds is 1. The van der Waals surface area contributed by atoms with Crippen LogP contribution in [0.25, 0.3) is 16.7 Å². The average Bonchev–Trinajstić information content (AvgIpc) is 2.69. The van der Waals surface area contributed by atoms with Crippen LogP contribution in [0.1, 0.15) is 5.56 Å². The number of fused-ring (bicyclic) bond motifs is 1. The lowest BCUT2D eigenvalue weighted by atomic mass is 10.2. The number of nitrogens with two attached hydrogens (primary N) is 1. The number of imidazole rings is 1. The van der Waals surface area contributed by atoms with Gasteiger partial charge in [0.25, 0.3) is 0 Å².